The van der Waals surface area contributed by atoms with E-state index in [9.17, 15) is 9.13 Å². The predicted molar refractivity (Wildman–Crippen MR) is 50.8 cm³/mol. The van der Waals surface area contributed by atoms with Gasteiger partial charge in [-0.2, -0.15) is 4.31 Å². The summed E-state index contributed by atoms with van der Waals surface area (Å²) in [6.45, 7) is 0. The van der Waals surface area contributed by atoms with E-state index in [0.717, 1.165) is 0 Å². The Morgan fingerprint density at radius 1 is 0.750 bits per heavy atom. The monoisotopic (exact) mass is 304 g/mol. The number of hydrogen-bond acceptors (Lipinski definition) is 3. The summed E-state index contributed by atoms with van der Waals surface area (Å²) in [5, 5.41) is 0. The molecule has 0 aliphatic rings. The molecule has 0 aromatic heterocycles. The van der Waals surface area contributed by atoms with Crippen molar-refractivity contribution in [1.82, 2.24) is 0 Å². The molecule has 12 heteroatoms. The van der Waals surface area contributed by atoms with Gasteiger partial charge in [-0.25, -0.2) is 9.13 Å². The van der Waals surface area contributed by atoms with E-state index in [-0.39, 0.29) is 113 Å². The molecule has 4 N–H and O–H groups in total. The van der Waals surface area contributed by atoms with E-state index < -0.39 is 15.6 Å². The fourth-order valence-corrected chi connectivity index (χ4v) is 1.25. The second-order valence-corrected chi connectivity index (χ2v) is 3.68. The van der Waals surface area contributed by atoms with Crippen molar-refractivity contribution in [3.8, 4) is 0 Å². The third kappa shape index (κ3) is 23.7. The van der Waals surface area contributed by atoms with Crippen LogP contribution >= 0.6 is 15.6 Å². The summed E-state index contributed by atoms with van der Waals surface area (Å²) in [4.78, 5) is 31.0. The summed E-state index contributed by atoms with van der Waals surface area (Å²) >= 11 is 0. The van der Waals surface area contributed by atoms with Crippen LogP contribution in [0.4, 0.5) is 0 Å². The first-order chi connectivity index (χ1) is 3.71. The minimum atomic E-state index is -5.05. The summed E-state index contributed by atoms with van der Waals surface area (Å²) in [7, 11) is -10.1. The Balaban J connectivity index is -0.000000107. The second-order valence-electron chi connectivity index (χ2n) is 1.06. The molecule has 68 valence electrons. The van der Waals surface area contributed by atoms with Gasteiger partial charge in [-0.1, -0.05) is 0 Å². The number of phosphoric acid groups is 2. The van der Waals surface area contributed by atoms with E-state index in [1.165, 1.54) is 0 Å². The van der Waals surface area contributed by atoms with Crippen molar-refractivity contribution >= 4 is 129 Å². The Hall–Kier alpha value is 4.04. The van der Waals surface area contributed by atoms with Gasteiger partial charge in [0.25, 0.3) is 0 Å². The molecule has 0 saturated carbocycles. The fraction of sp³-hybridized carbons (Fsp3) is 0. The maximum atomic E-state index is 9.63. The molecule has 0 atom stereocenters. The Kier molecular flexibility index (Phi) is 21.3. The molecule has 0 fully saturated rings. The van der Waals surface area contributed by atoms with Crippen LogP contribution in [-0.2, 0) is 13.4 Å². The average molecular weight is 304 g/mol. The second kappa shape index (κ2) is 10.2. The van der Waals surface area contributed by atoms with E-state index >= 15 is 0 Å². The molecule has 0 aliphatic carbocycles. The van der Waals surface area contributed by atoms with Crippen molar-refractivity contribution in [2.24, 2.45) is 0 Å². The molecule has 0 radical (unpaired) electrons. The molecule has 0 bridgehead atoms. The van der Waals surface area contributed by atoms with Crippen LogP contribution in [0.15, 0.2) is 0 Å². The first kappa shape index (κ1) is 25.0. The van der Waals surface area contributed by atoms with Gasteiger partial charge in [-0.05, 0) is 0 Å². The van der Waals surface area contributed by atoms with Crippen LogP contribution in [0.1, 0.15) is 0 Å². The normalized spacial score (nSPS) is 10.3. The third-order valence-electron chi connectivity index (χ3n) is 0.213. The topological polar surface area (TPSA) is 124 Å². The van der Waals surface area contributed by atoms with Crippen LogP contribution in [0.5, 0.6) is 0 Å². The summed E-state index contributed by atoms with van der Waals surface area (Å²) < 4.78 is 22.2. The van der Waals surface area contributed by atoms with Gasteiger partial charge in [0.1, 0.15) is 0 Å². The molecule has 0 heterocycles. The van der Waals surface area contributed by atoms with Gasteiger partial charge in [0, 0.05) is 0 Å². The molecule has 0 aliphatic heterocycles. The summed E-state index contributed by atoms with van der Waals surface area (Å²) in [6, 6.07) is 0. The average Bonchev–Trinajstić information content (AvgIpc) is 1.14. The fourth-order valence-electron chi connectivity index (χ4n) is 0.139. The molecule has 0 amide bonds. The molecule has 0 aromatic rings. The van der Waals surface area contributed by atoms with E-state index in [4.69, 9.17) is 19.6 Å². The minimum absolute atomic E-state index is 0. The standard InChI is InChI=1S/3Ca.H4O7P2.6H/c;;;1-8(2,3)7-9(4,5)6;;;;;;/h;;;(H2,1,2,3)(H2,4,5,6);;;;;;. The van der Waals surface area contributed by atoms with Gasteiger partial charge in [0.05, 0.1) is 0 Å². The van der Waals surface area contributed by atoms with Gasteiger partial charge >= 0.3 is 129 Å². The summed E-state index contributed by atoms with van der Waals surface area (Å²) in [5.41, 5.74) is 0. The zero-order chi connectivity index (χ0) is 7.71. The van der Waals surface area contributed by atoms with Crippen LogP contribution in [-0.4, -0.2) is 133 Å². The van der Waals surface area contributed by atoms with Crippen LogP contribution < -0.4 is 0 Å². The van der Waals surface area contributed by atoms with Gasteiger partial charge in [0.2, 0.25) is 0 Å². The Labute approximate surface area is 158 Å². The molecular weight excluding hydrogens is 294 g/mol. The first-order valence-corrected chi connectivity index (χ1v) is 4.59. The first-order valence-electron chi connectivity index (χ1n) is 1.53. The van der Waals surface area contributed by atoms with E-state index in [1.807, 2.05) is 0 Å². The van der Waals surface area contributed by atoms with Crippen molar-refractivity contribution in [2.75, 3.05) is 0 Å². The summed E-state index contributed by atoms with van der Waals surface area (Å²) in [5.74, 6) is 0. The molecule has 0 spiro atoms. The number of rotatable bonds is 2. The van der Waals surface area contributed by atoms with E-state index in [1.54, 1.807) is 0 Å². The SMILES string of the molecule is O=P(O)(O)OP(=O)(O)O.[CaH2].[CaH2].[CaH2]. The van der Waals surface area contributed by atoms with Gasteiger partial charge in [-0.15, -0.1) is 0 Å². The molecular formula is H10Ca3O7P2. The molecule has 0 rings (SSSR count). The van der Waals surface area contributed by atoms with Crippen LogP contribution in [0.2, 0.25) is 0 Å². The quantitative estimate of drug-likeness (QED) is 0.307. The van der Waals surface area contributed by atoms with Crippen LogP contribution in [0.25, 0.3) is 0 Å². The molecule has 7 nitrogen and oxygen atoms in total. The van der Waals surface area contributed by atoms with E-state index in [0.29, 0.717) is 0 Å². The molecule has 0 aromatic carbocycles. The third-order valence-corrected chi connectivity index (χ3v) is 1.91. The zero-order valence-corrected chi connectivity index (χ0v) is 5.70. The van der Waals surface area contributed by atoms with Crippen LogP contribution in [0, 0.1) is 0 Å². The Morgan fingerprint density at radius 3 is 0.917 bits per heavy atom. The predicted octanol–water partition coefficient (Wildman–Crippen LogP) is -3.56. The van der Waals surface area contributed by atoms with Crippen molar-refractivity contribution in [3.63, 3.8) is 0 Å². The van der Waals surface area contributed by atoms with Gasteiger partial charge < -0.3 is 19.6 Å². The number of hydrogen-bond donors (Lipinski definition) is 4. The molecule has 12 heavy (non-hydrogen) atoms. The summed E-state index contributed by atoms with van der Waals surface area (Å²) in [6.07, 6.45) is 0. The van der Waals surface area contributed by atoms with Crippen molar-refractivity contribution in [3.05, 3.63) is 0 Å². The Bertz CT molecular complexity index is 157. The zero-order valence-electron chi connectivity index (χ0n) is 3.91. The van der Waals surface area contributed by atoms with Gasteiger partial charge in [-0.3, -0.25) is 0 Å². The van der Waals surface area contributed by atoms with Crippen molar-refractivity contribution < 1.29 is 33.0 Å². The van der Waals surface area contributed by atoms with Crippen LogP contribution in [0.3, 0.4) is 0 Å². The molecule has 0 unspecified atom stereocenters. The maximum absolute atomic E-state index is 9.63. The van der Waals surface area contributed by atoms with Crippen molar-refractivity contribution in [2.45, 2.75) is 0 Å². The molecule has 0 saturated heterocycles. The Morgan fingerprint density at radius 2 is 0.917 bits per heavy atom. The van der Waals surface area contributed by atoms with E-state index in [2.05, 4.69) is 4.31 Å². The van der Waals surface area contributed by atoms with Gasteiger partial charge in [0.15, 0.2) is 0 Å². The van der Waals surface area contributed by atoms with Crippen molar-refractivity contribution in [1.29, 1.82) is 0 Å².